The monoisotopic (exact) mass is 355 g/mol. The Hall–Kier alpha value is -3.22. The van der Waals surface area contributed by atoms with Crippen LogP contribution in [0.3, 0.4) is 0 Å². The number of hydrogen-bond acceptors (Lipinski definition) is 4. The Balaban J connectivity index is 2.26. The van der Waals surface area contributed by atoms with Gasteiger partial charge in [-0.05, 0) is 52.0 Å². The van der Waals surface area contributed by atoms with E-state index in [4.69, 9.17) is 0 Å². The molecule has 26 heavy (non-hydrogen) atoms. The Kier molecular flexibility index (Phi) is 5.40. The van der Waals surface area contributed by atoms with Gasteiger partial charge in [-0.3, -0.25) is 19.7 Å². The zero-order chi connectivity index (χ0) is 19.5. The number of rotatable bonds is 4. The molecule has 0 spiro atoms. The van der Waals surface area contributed by atoms with Gasteiger partial charge in [-0.1, -0.05) is 12.1 Å². The first kappa shape index (κ1) is 19.1. The number of carbonyl (C=O) groups excluding carboxylic acids is 2. The molecular weight excluding hydrogens is 334 g/mol. The van der Waals surface area contributed by atoms with Gasteiger partial charge in [0.25, 0.3) is 17.5 Å². The molecule has 0 unspecified atom stereocenters. The number of amides is 2. The summed E-state index contributed by atoms with van der Waals surface area (Å²) in [6.07, 6.45) is 0. The molecule has 2 N–H and O–H groups in total. The molecule has 0 saturated heterocycles. The number of benzene rings is 2. The topological polar surface area (TPSA) is 101 Å². The lowest BCUT2D eigenvalue weighted by Gasteiger charge is -2.21. The lowest BCUT2D eigenvalue weighted by atomic mass is 10.1. The van der Waals surface area contributed by atoms with Crippen molar-refractivity contribution in [1.29, 1.82) is 0 Å². The maximum Gasteiger partial charge on any atom is 0.272 e. The second-order valence-corrected chi connectivity index (χ2v) is 6.96. The number of nitro groups is 1. The molecule has 2 amide bonds. The number of nitro benzene ring substituents is 1. The number of aryl methyl sites for hydroxylation is 1. The summed E-state index contributed by atoms with van der Waals surface area (Å²) in [4.78, 5) is 35.3. The van der Waals surface area contributed by atoms with Crippen LogP contribution in [0.15, 0.2) is 42.5 Å². The van der Waals surface area contributed by atoms with Crippen LogP contribution < -0.4 is 10.6 Å². The largest absolute Gasteiger partial charge is 0.347 e. The van der Waals surface area contributed by atoms with Gasteiger partial charge in [-0.15, -0.1) is 0 Å². The summed E-state index contributed by atoms with van der Waals surface area (Å²) in [7, 11) is 0. The van der Waals surface area contributed by atoms with Crippen LogP contribution in [0.1, 0.15) is 47.1 Å². The molecule has 0 heterocycles. The van der Waals surface area contributed by atoms with Gasteiger partial charge in [0.05, 0.1) is 16.2 Å². The Morgan fingerprint density at radius 3 is 2.27 bits per heavy atom. The molecule has 0 bridgehead atoms. The molecule has 0 aliphatic rings. The van der Waals surface area contributed by atoms with E-state index in [0.717, 1.165) is 0 Å². The summed E-state index contributed by atoms with van der Waals surface area (Å²) in [6, 6.07) is 10.8. The molecule has 2 rings (SSSR count). The quantitative estimate of drug-likeness (QED) is 0.645. The first-order chi connectivity index (χ1) is 12.1. The zero-order valence-corrected chi connectivity index (χ0v) is 15.1. The number of carbonyl (C=O) groups is 2. The van der Waals surface area contributed by atoms with E-state index in [-0.39, 0.29) is 17.2 Å². The molecule has 0 radical (unpaired) electrons. The van der Waals surface area contributed by atoms with Crippen LogP contribution in [-0.2, 0) is 0 Å². The van der Waals surface area contributed by atoms with Crippen molar-refractivity contribution in [2.45, 2.75) is 33.2 Å². The molecular formula is C19H21N3O4. The Labute approximate surface area is 151 Å². The standard InChI is InChI=1S/C19H21N3O4/c1-12-11-13(9-10-16(12)22(25)26)17(23)20-15-8-6-5-7-14(15)18(24)21-19(2,3)4/h5-11H,1-4H3,(H,20,23)(H,21,24). The van der Waals surface area contributed by atoms with Gasteiger partial charge in [-0.2, -0.15) is 0 Å². The maximum atomic E-state index is 12.5. The third kappa shape index (κ3) is 4.66. The first-order valence-electron chi connectivity index (χ1n) is 8.06. The highest BCUT2D eigenvalue weighted by Gasteiger charge is 2.19. The highest BCUT2D eigenvalue weighted by atomic mass is 16.6. The van der Waals surface area contributed by atoms with Gasteiger partial charge in [0.2, 0.25) is 0 Å². The third-order valence-corrected chi connectivity index (χ3v) is 3.56. The van der Waals surface area contributed by atoms with Crippen molar-refractivity contribution in [3.05, 3.63) is 69.3 Å². The first-order valence-corrected chi connectivity index (χ1v) is 8.06. The lowest BCUT2D eigenvalue weighted by molar-refractivity contribution is -0.385. The average Bonchev–Trinajstić information content (AvgIpc) is 2.53. The minimum absolute atomic E-state index is 0.0495. The molecule has 0 saturated carbocycles. The van der Waals surface area contributed by atoms with Crippen molar-refractivity contribution >= 4 is 23.2 Å². The fourth-order valence-corrected chi connectivity index (χ4v) is 2.39. The number of anilines is 1. The van der Waals surface area contributed by atoms with Gasteiger partial charge in [-0.25, -0.2) is 0 Å². The van der Waals surface area contributed by atoms with E-state index >= 15 is 0 Å². The van der Waals surface area contributed by atoms with Crippen LogP contribution in [-0.4, -0.2) is 22.3 Å². The van der Waals surface area contributed by atoms with Crippen LogP contribution in [0.25, 0.3) is 0 Å². The molecule has 0 fully saturated rings. The summed E-state index contributed by atoms with van der Waals surface area (Å²) < 4.78 is 0. The molecule has 136 valence electrons. The Bertz CT molecular complexity index is 869. The molecule has 0 aliphatic heterocycles. The van der Waals surface area contributed by atoms with E-state index in [1.807, 2.05) is 20.8 Å². The van der Waals surface area contributed by atoms with Crippen molar-refractivity contribution in [1.82, 2.24) is 5.32 Å². The Morgan fingerprint density at radius 1 is 1.04 bits per heavy atom. The predicted octanol–water partition coefficient (Wildman–Crippen LogP) is 3.68. The van der Waals surface area contributed by atoms with E-state index in [9.17, 15) is 19.7 Å². The van der Waals surface area contributed by atoms with E-state index in [2.05, 4.69) is 10.6 Å². The SMILES string of the molecule is Cc1cc(C(=O)Nc2ccccc2C(=O)NC(C)(C)C)ccc1[N+](=O)[O-]. The van der Waals surface area contributed by atoms with E-state index in [0.29, 0.717) is 16.8 Å². The van der Waals surface area contributed by atoms with Crippen LogP contribution in [0.4, 0.5) is 11.4 Å². The van der Waals surface area contributed by atoms with Crippen LogP contribution >= 0.6 is 0 Å². The molecule has 2 aromatic carbocycles. The number of nitrogens with zero attached hydrogens (tertiary/aromatic N) is 1. The highest BCUT2D eigenvalue weighted by molar-refractivity contribution is 6.09. The summed E-state index contributed by atoms with van der Waals surface area (Å²) in [6.45, 7) is 7.17. The number of nitrogens with one attached hydrogen (secondary N) is 2. The van der Waals surface area contributed by atoms with Crippen molar-refractivity contribution < 1.29 is 14.5 Å². The second kappa shape index (κ2) is 7.35. The van der Waals surface area contributed by atoms with Gasteiger partial charge in [0, 0.05) is 22.7 Å². The number of para-hydroxylation sites is 1. The second-order valence-electron chi connectivity index (χ2n) is 6.96. The molecule has 2 aromatic rings. The van der Waals surface area contributed by atoms with Crippen molar-refractivity contribution in [2.24, 2.45) is 0 Å². The fraction of sp³-hybridized carbons (Fsp3) is 0.263. The van der Waals surface area contributed by atoms with Crippen molar-refractivity contribution in [3.63, 3.8) is 0 Å². The summed E-state index contributed by atoms with van der Waals surface area (Å²) in [5.41, 5.74) is 0.917. The Morgan fingerprint density at radius 2 is 1.69 bits per heavy atom. The normalized spacial score (nSPS) is 10.9. The van der Waals surface area contributed by atoms with E-state index in [1.165, 1.54) is 18.2 Å². The third-order valence-electron chi connectivity index (χ3n) is 3.56. The van der Waals surface area contributed by atoms with Crippen LogP contribution in [0, 0.1) is 17.0 Å². The molecule has 0 atom stereocenters. The van der Waals surface area contributed by atoms with Crippen LogP contribution in [0.5, 0.6) is 0 Å². The summed E-state index contributed by atoms with van der Waals surface area (Å²) in [5, 5.41) is 16.4. The maximum absolute atomic E-state index is 12.5. The van der Waals surface area contributed by atoms with Crippen LogP contribution in [0.2, 0.25) is 0 Å². The minimum Gasteiger partial charge on any atom is -0.347 e. The number of hydrogen-bond donors (Lipinski definition) is 2. The molecule has 7 heteroatoms. The van der Waals surface area contributed by atoms with E-state index in [1.54, 1.807) is 31.2 Å². The lowest BCUT2D eigenvalue weighted by Crippen LogP contribution is -2.40. The van der Waals surface area contributed by atoms with Gasteiger partial charge < -0.3 is 10.6 Å². The zero-order valence-electron chi connectivity index (χ0n) is 15.1. The summed E-state index contributed by atoms with van der Waals surface area (Å²) >= 11 is 0. The van der Waals surface area contributed by atoms with E-state index < -0.39 is 16.4 Å². The highest BCUT2D eigenvalue weighted by Crippen LogP contribution is 2.21. The van der Waals surface area contributed by atoms with Gasteiger partial charge in [0.1, 0.15) is 0 Å². The molecule has 7 nitrogen and oxygen atoms in total. The minimum atomic E-state index is -0.497. The smallest absolute Gasteiger partial charge is 0.272 e. The van der Waals surface area contributed by atoms with Gasteiger partial charge >= 0.3 is 0 Å². The predicted molar refractivity (Wildman–Crippen MR) is 99.4 cm³/mol. The fourth-order valence-electron chi connectivity index (χ4n) is 2.39. The summed E-state index contributed by atoms with van der Waals surface area (Å²) in [5.74, 6) is -0.743. The average molecular weight is 355 g/mol. The molecule has 0 aromatic heterocycles. The van der Waals surface area contributed by atoms with Crippen molar-refractivity contribution in [2.75, 3.05) is 5.32 Å². The molecule has 0 aliphatic carbocycles. The van der Waals surface area contributed by atoms with Crippen molar-refractivity contribution in [3.8, 4) is 0 Å². The van der Waals surface area contributed by atoms with Gasteiger partial charge in [0.15, 0.2) is 0 Å².